The van der Waals surface area contributed by atoms with Crippen LogP contribution in [-0.4, -0.2) is 90.2 Å². The van der Waals surface area contributed by atoms with Crippen molar-refractivity contribution in [2.24, 2.45) is 0 Å². The van der Waals surface area contributed by atoms with E-state index in [0.29, 0.717) is 17.8 Å². The molecule has 0 bridgehead atoms. The first-order valence-corrected chi connectivity index (χ1v) is 12.1. The van der Waals surface area contributed by atoms with Crippen LogP contribution in [-0.2, 0) is 4.74 Å². The second-order valence-corrected chi connectivity index (χ2v) is 9.10. The zero-order valence-electron chi connectivity index (χ0n) is 19.8. The third-order valence-corrected chi connectivity index (χ3v) is 6.53. The van der Waals surface area contributed by atoms with Crippen LogP contribution >= 0.6 is 0 Å². The topological polar surface area (TPSA) is 73.8 Å². The molecule has 0 spiro atoms. The van der Waals surface area contributed by atoms with Gasteiger partial charge in [-0.05, 0) is 58.0 Å². The smallest absolute Gasteiger partial charge is 0.274 e. The molecule has 2 aromatic rings. The lowest BCUT2D eigenvalue weighted by Crippen LogP contribution is -2.50. The number of aromatic nitrogens is 2. The minimum absolute atomic E-state index is 0.211. The molecule has 0 saturated carbocycles. The molecule has 1 N–H and O–H groups in total. The van der Waals surface area contributed by atoms with E-state index in [2.05, 4.69) is 43.8 Å². The van der Waals surface area contributed by atoms with E-state index in [-0.39, 0.29) is 5.91 Å². The van der Waals surface area contributed by atoms with Gasteiger partial charge in [-0.1, -0.05) is 6.07 Å². The predicted octanol–water partition coefficient (Wildman–Crippen LogP) is 2.74. The third-order valence-electron chi connectivity index (χ3n) is 6.53. The van der Waals surface area contributed by atoms with E-state index in [4.69, 9.17) is 4.74 Å². The number of pyridine rings is 2. The van der Waals surface area contributed by atoms with E-state index in [1.54, 1.807) is 24.5 Å². The summed E-state index contributed by atoms with van der Waals surface area (Å²) >= 11 is 0. The van der Waals surface area contributed by atoms with Crippen LogP contribution in [0.3, 0.4) is 0 Å². The Morgan fingerprint density at radius 1 is 1.12 bits per heavy atom. The highest BCUT2D eigenvalue weighted by Gasteiger charge is 2.26. The van der Waals surface area contributed by atoms with Crippen molar-refractivity contribution in [3.05, 3.63) is 48.4 Å². The predicted molar refractivity (Wildman–Crippen MR) is 131 cm³/mol. The number of carbonyl (C=O) groups excluding carboxylic acids is 1. The summed E-state index contributed by atoms with van der Waals surface area (Å²) in [5, 5.41) is 2.94. The van der Waals surface area contributed by atoms with Crippen LogP contribution in [0.15, 0.2) is 42.7 Å². The van der Waals surface area contributed by atoms with Gasteiger partial charge in [0.25, 0.3) is 5.91 Å². The van der Waals surface area contributed by atoms with E-state index in [9.17, 15) is 4.79 Å². The zero-order chi connectivity index (χ0) is 23.0. The third kappa shape index (κ3) is 6.50. The molecule has 1 atom stereocenters. The maximum Gasteiger partial charge on any atom is 0.274 e. The molecule has 8 nitrogen and oxygen atoms in total. The summed E-state index contributed by atoms with van der Waals surface area (Å²) < 4.78 is 5.76. The molecule has 1 amide bonds. The second-order valence-electron chi connectivity index (χ2n) is 9.10. The minimum Gasteiger partial charge on any atom is -0.378 e. The van der Waals surface area contributed by atoms with Gasteiger partial charge in [0.15, 0.2) is 0 Å². The van der Waals surface area contributed by atoms with Crippen molar-refractivity contribution in [3.63, 3.8) is 0 Å². The number of rotatable bonds is 7. The number of morpholine rings is 1. The number of anilines is 2. The van der Waals surface area contributed by atoms with Crippen molar-refractivity contribution in [2.75, 3.05) is 62.7 Å². The molecule has 0 radical (unpaired) electrons. The molecule has 2 saturated heterocycles. The zero-order valence-corrected chi connectivity index (χ0v) is 19.8. The van der Waals surface area contributed by atoms with E-state index in [1.807, 2.05) is 18.2 Å². The fourth-order valence-corrected chi connectivity index (χ4v) is 4.71. The lowest BCUT2D eigenvalue weighted by Gasteiger charge is -2.39. The standard InChI is InChI=1S/C25H36N6O2/c1-20(2)31-16-17-33-19-22(31)8-13-29-11-5-12-30(15-14-29)24-18-21(7-10-27-24)28-25(32)23-6-3-4-9-26-23/h3-4,6-7,9-10,18,20,22H,5,8,11-17,19H2,1-2H3,(H,27,28,32). The van der Waals surface area contributed by atoms with Gasteiger partial charge in [0, 0.05) is 62.4 Å². The molecule has 33 heavy (non-hydrogen) atoms. The minimum atomic E-state index is -0.211. The lowest BCUT2D eigenvalue weighted by atomic mass is 10.1. The fourth-order valence-electron chi connectivity index (χ4n) is 4.71. The maximum atomic E-state index is 12.4. The largest absolute Gasteiger partial charge is 0.378 e. The second kappa shape index (κ2) is 11.5. The molecule has 4 heterocycles. The number of nitrogens with zero attached hydrogens (tertiary/aromatic N) is 5. The van der Waals surface area contributed by atoms with Crippen molar-refractivity contribution in [2.45, 2.75) is 38.8 Å². The van der Waals surface area contributed by atoms with Crippen LogP contribution in [0.4, 0.5) is 11.5 Å². The molecular weight excluding hydrogens is 416 g/mol. The summed E-state index contributed by atoms with van der Waals surface area (Å²) in [6.07, 6.45) is 5.62. The highest BCUT2D eigenvalue weighted by atomic mass is 16.5. The lowest BCUT2D eigenvalue weighted by molar-refractivity contribution is -0.0275. The first-order chi connectivity index (χ1) is 16.1. The van der Waals surface area contributed by atoms with Gasteiger partial charge < -0.3 is 19.9 Å². The van der Waals surface area contributed by atoms with Crippen LogP contribution in [0.2, 0.25) is 0 Å². The average Bonchev–Trinajstić information content (AvgIpc) is 3.09. The van der Waals surface area contributed by atoms with E-state index >= 15 is 0 Å². The molecule has 2 fully saturated rings. The van der Waals surface area contributed by atoms with Crippen molar-refractivity contribution in [3.8, 4) is 0 Å². The molecule has 178 valence electrons. The summed E-state index contributed by atoms with van der Waals surface area (Å²) in [7, 11) is 0. The number of amides is 1. The van der Waals surface area contributed by atoms with Crippen molar-refractivity contribution >= 4 is 17.4 Å². The normalized spacial score (nSPS) is 20.6. The highest BCUT2D eigenvalue weighted by Crippen LogP contribution is 2.20. The van der Waals surface area contributed by atoms with Gasteiger partial charge in [0.2, 0.25) is 0 Å². The van der Waals surface area contributed by atoms with Gasteiger partial charge in [-0.25, -0.2) is 4.98 Å². The van der Waals surface area contributed by atoms with Crippen LogP contribution in [0, 0.1) is 0 Å². The number of carbonyl (C=O) groups is 1. The summed E-state index contributed by atoms with van der Waals surface area (Å²) in [6.45, 7) is 12.4. The van der Waals surface area contributed by atoms with Gasteiger partial charge in [-0.2, -0.15) is 0 Å². The Morgan fingerprint density at radius 2 is 2.03 bits per heavy atom. The van der Waals surface area contributed by atoms with Gasteiger partial charge in [-0.3, -0.25) is 14.7 Å². The van der Waals surface area contributed by atoms with Gasteiger partial charge in [0.1, 0.15) is 11.5 Å². The Labute approximate surface area is 196 Å². The fraction of sp³-hybridized carbons (Fsp3) is 0.560. The van der Waals surface area contributed by atoms with Gasteiger partial charge in [0.05, 0.1) is 13.2 Å². The quantitative estimate of drug-likeness (QED) is 0.692. The molecule has 2 aromatic heterocycles. The molecule has 0 aliphatic carbocycles. The monoisotopic (exact) mass is 452 g/mol. The Kier molecular flexibility index (Phi) is 8.25. The van der Waals surface area contributed by atoms with Gasteiger partial charge >= 0.3 is 0 Å². The Bertz CT molecular complexity index is 893. The Balaban J connectivity index is 1.30. The number of ether oxygens (including phenoxy) is 1. The molecule has 0 aromatic carbocycles. The maximum absolute atomic E-state index is 12.4. The van der Waals surface area contributed by atoms with Crippen molar-refractivity contribution < 1.29 is 9.53 Å². The number of hydrogen-bond acceptors (Lipinski definition) is 7. The first kappa shape index (κ1) is 23.6. The Morgan fingerprint density at radius 3 is 2.85 bits per heavy atom. The van der Waals surface area contributed by atoms with Crippen molar-refractivity contribution in [1.82, 2.24) is 19.8 Å². The summed E-state index contributed by atoms with van der Waals surface area (Å²) in [6, 6.07) is 10.2. The average molecular weight is 453 g/mol. The van der Waals surface area contributed by atoms with Crippen molar-refractivity contribution in [1.29, 1.82) is 0 Å². The highest BCUT2D eigenvalue weighted by molar-refractivity contribution is 6.02. The number of hydrogen-bond donors (Lipinski definition) is 1. The first-order valence-electron chi connectivity index (χ1n) is 12.1. The summed E-state index contributed by atoms with van der Waals surface area (Å²) in [5.41, 5.74) is 1.14. The molecule has 2 aliphatic rings. The molecule has 1 unspecified atom stereocenters. The van der Waals surface area contributed by atoms with E-state index in [0.717, 1.165) is 76.8 Å². The van der Waals surface area contributed by atoms with Crippen LogP contribution in [0.1, 0.15) is 37.2 Å². The van der Waals surface area contributed by atoms with Gasteiger partial charge in [-0.15, -0.1) is 0 Å². The Hall–Kier alpha value is -2.55. The molecular formula is C25H36N6O2. The SMILES string of the molecule is CC(C)N1CCOCC1CCN1CCCN(c2cc(NC(=O)c3ccccn3)ccn2)CC1. The molecule has 4 rings (SSSR count). The van der Waals surface area contributed by atoms with E-state index < -0.39 is 0 Å². The summed E-state index contributed by atoms with van der Waals surface area (Å²) in [4.78, 5) is 28.6. The van der Waals surface area contributed by atoms with E-state index in [1.165, 1.54) is 0 Å². The molecule has 2 aliphatic heterocycles. The van der Waals surface area contributed by atoms with Crippen LogP contribution < -0.4 is 10.2 Å². The summed E-state index contributed by atoms with van der Waals surface area (Å²) in [5.74, 6) is 0.694. The number of nitrogens with one attached hydrogen (secondary N) is 1. The molecule has 8 heteroatoms. The van der Waals surface area contributed by atoms with Crippen LogP contribution in [0.25, 0.3) is 0 Å². The van der Waals surface area contributed by atoms with Crippen LogP contribution in [0.5, 0.6) is 0 Å².